The number of amidine groups is 1. The lowest BCUT2D eigenvalue weighted by Gasteiger charge is -2.00. The van der Waals surface area contributed by atoms with E-state index in [1.54, 1.807) is 31.3 Å². The van der Waals surface area contributed by atoms with E-state index in [1.807, 2.05) is 0 Å². The van der Waals surface area contributed by atoms with E-state index in [1.165, 1.54) is 11.6 Å². The van der Waals surface area contributed by atoms with E-state index in [2.05, 4.69) is 9.97 Å². The second-order valence-corrected chi connectivity index (χ2v) is 4.98. The van der Waals surface area contributed by atoms with Gasteiger partial charge in [-0.2, -0.15) is 0 Å². The Labute approximate surface area is 124 Å². The highest BCUT2D eigenvalue weighted by Gasteiger charge is 2.14. The molecule has 1 aromatic carbocycles. The minimum absolute atomic E-state index is 0.0209. The summed E-state index contributed by atoms with van der Waals surface area (Å²) >= 11 is 0. The molecule has 0 radical (unpaired) electrons. The van der Waals surface area contributed by atoms with Crippen molar-refractivity contribution < 1.29 is 0 Å². The first-order chi connectivity index (χ1) is 10.4. The number of nitrogens with two attached hydrogens (primary N) is 1. The standard InChI is InChI=1S/C14H14N6O2/c1-19-12-9(13(21)20(2)14(19)22)17-11(18-12)8-5-3-7(4-6-8)10(15)16/h3-6H,1-2H3,(H3,15,16)(H,17,18). The third-order valence-electron chi connectivity index (χ3n) is 3.56. The van der Waals surface area contributed by atoms with Crippen molar-refractivity contribution in [2.24, 2.45) is 19.8 Å². The van der Waals surface area contributed by atoms with E-state index in [4.69, 9.17) is 11.1 Å². The van der Waals surface area contributed by atoms with Crippen LogP contribution in [0.4, 0.5) is 0 Å². The average Bonchev–Trinajstić information content (AvgIpc) is 2.96. The maximum Gasteiger partial charge on any atom is 0.332 e. The van der Waals surface area contributed by atoms with Crippen molar-refractivity contribution >= 4 is 17.0 Å². The van der Waals surface area contributed by atoms with E-state index in [0.717, 1.165) is 10.1 Å². The fourth-order valence-electron chi connectivity index (χ4n) is 2.27. The minimum Gasteiger partial charge on any atom is -0.384 e. The summed E-state index contributed by atoms with van der Waals surface area (Å²) in [5.74, 6) is 0.454. The molecule has 0 aliphatic heterocycles. The van der Waals surface area contributed by atoms with Crippen LogP contribution >= 0.6 is 0 Å². The molecule has 0 atom stereocenters. The van der Waals surface area contributed by atoms with Crippen molar-refractivity contribution in [1.82, 2.24) is 19.1 Å². The maximum absolute atomic E-state index is 12.1. The number of aryl methyl sites for hydroxylation is 1. The number of benzene rings is 1. The monoisotopic (exact) mass is 298 g/mol. The number of aromatic amines is 1. The number of nitrogens with zero attached hydrogens (tertiary/aromatic N) is 3. The first-order valence-corrected chi connectivity index (χ1v) is 6.50. The van der Waals surface area contributed by atoms with Gasteiger partial charge in [0.15, 0.2) is 5.65 Å². The molecule has 0 aliphatic carbocycles. The number of H-pyrrole nitrogens is 1. The highest BCUT2D eigenvalue weighted by molar-refractivity contribution is 5.95. The van der Waals surface area contributed by atoms with Gasteiger partial charge >= 0.3 is 5.69 Å². The summed E-state index contributed by atoms with van der Waals surface area (Å²) in [6.07, 6.45) is 0. The van der Waals surface area contributed by atoms with Crippen LogP contribution in [0.2, 0.25) is 0 Å². The van der Waals surface area contributed by atoms with Crippen LogP contribution in [0.5, 0.6) is 0 Å². The number of fused-ring (bicyclic) bond motifs is 1. The number of aromatic nitrogens is 4. The van der Waals surface area contributed by atoms with Crippen molar-refractivity contribution in [3.63, 3.8) is 0 Å². The summed E-state index contributed by atoms with van der Waals surface area (Å²) in [4.78, 5) is 31.3. The Morgan fingerprint density at radius 3 is 2.41 bits per heavy atom. The Balaban J connectivity index is 2.23. The topological polar surface area (TPSA) is 123 Å². The van der Waals surface area contributed by atoms with Crippen LogP contribution in [0.1, 0.15) is 5.56 Å². The molecule has 112 valence electrons. The fraction of sp³-hybridized carbons (Fsp3) is 0.143. The third kappa shape index (κ3) is 1.93. The predicted octanol–water partition coefficient (Wildman–Crippen LogP) is -0.0886. The Hall–Kier alpha value is -3.16. The van der Waals surface area contributed by atoms with Crippen LogP contribution < -0.4 is 17.0 Å². The van der Waals surface area contributed by atoms with Gasteiger partial charge in [-0.25, -0.2) is 9.78 Å². The molecular formula is C14H14N6O2. The van der Waals surface area contributed by atoms with E-state index in [0.29, 0.717) is 17.0 Å². The Bertz CT molecular complexity index is 1010. The van der Waals surface area contributed by atoms with Crippen molar-refractivity contribution in [3.8, 4) is 11.4 Å². The van der Waals surface area contributed by atoms with Crippen molar-refractivity contribution in [1.29, 1.82) is 5.41 Å². The van der Waals surface area contributed by atoms with Crippen LogP contribution in [0.15, 0.2) is 33.9 Å². The van der Waals surface area contributed by atoms with Crippen LogP contribution in [-0.4, -0.2) is 24.9 Å². The smallest absolute Gasteiger partial charge is 0.332 e. The zero-order valence-electron chi connectivity index (χ0n) is 12.0. The van der Waals surface area contributed by atoms with Gasteiger partial charge in [-0.1, -0.05) is 24.3 Å². The number of nitrogens with one attached hydrogen (secondary N) is 2. The normalized spacial score (nSPS) is 11.0. The SMILES string of the molecule is Cn1c(=O)c2[nH]c(-c3ccc(C(=N)N)cc3)nc2n(C)c1=O. The second-order valence-electron chi connectivity index (χ2n) is 4.98. The maximum atomic E-state index is 12.1. The van der Waals surface area contributed by atoms with Crippen molar-refractivity contribution in [2.45, 2.75) is 0 Å². The summed E-state index contributed by atoms with van der Waals surface area (Å²) in [5, 5.41) is 7.37. The minimum atomic E-state index is -0.428. The van der Waals surface area contributed by atoms with Gasteiger partial charge in [0.05, 0.1) is 0 Å². The molecule has 0 fully saturated rings. The van der Waals surface area contributed by atoms with Gasteiger partial charge in [-0.15, -0.1) is 0 Å². The van der Waals surface area contributed by atoms with Crippen LogP contribution in [0, 0.1) is 5.41 Å². The molecule has 4 N–H and O–H groups in total. The van der Waals surface area contributed by atoms with Crippen LogP contribution in [0.25, 0.3) is 22.6 Å². The average molecular weight is 298 g/mol. The third-order valence-corrected chi connectivity index (χ3v) is 3.56. The lowest BCUT2D eigenvalue weighted by atomic mass is 10.1. The molecule has 3 rings (SSSR count). The number of nitrogen functional groups attached to an aromatic ring is 1. The number of hydrogen-bond acceptors (Lipinski definition) is 4. The van der Waals surface area contributed by atoms with E-state index in [9.17, 15) is 9.59 Å². The van der Waals surface area contributed by atoms with Crippen molar-refractivity contribution in [2.75, 3.05) is 0 Å². The molecular weight excluding hydrogens is 284 g/mol. The van der Waals surface area contributed by atoms with Gasteiger partial charge in [0.1, 0.15) is 17.2 Å². The quantitative estimate of drug-likeness (QED) is 0.452. The first-order valence-electron chi connectivity index (χ1n) is 6.50. The molecule has 2 heterocycles. The Kier molecular flexibility index (Phi) is 2.94. The molecule has 0 amide bonds. The van der Waals surface area contributed by atoms with Crippen molar-refractivity contribution in [3.05, 3.63) is 50.7 Å². The Morgan fingerprint density at radius 2 is 1.82 bits per heavy atom. The van der Waals surface area contributed by atoms with E-state index < -0.39 is 11.2 Å². The molecule has 0 saturated heterocycles. The zero-order chi connectivity index (χ0) is 16.0. The molecule has 22 heavy (non-hydrogen) atoms. The number of hydrogen-bond donors (Lipinski definition) is 3. The zero-order valence-corrected chi connectivity index (χ0v) is 12.0. The van der Waals surface area contributed by atoms with E-state index >= 15 is 0 Å². The van der Waals surface area contributed by atoms with Gasteiger partial charge in [0, 0.05) is 25.2 Å². The van der Waals surface area contributed by atoms with Gasteiger partial charge in [-0.3, -0.25) is 19.3 Å². The molecule has 3 aromatic rings. The first kappa shape index (κ1) is 13.8. The largest absolute Gasteiger partial charge is 0.384 e. The molecule has 0 unspecified atom stereocenters. The van der Waals surface area contributed by atoms with Gasteiger partial charge in [-0.05, 0) is 0 Å². The van der Waals surface area contributed by atoms with E-state index in [-0.39, 0.29) is 11.4 Å². The summed E-state index contributed by atoms with van der Waals surface area (Å²) in [5.41, 5.74) is 6.48. The highest BCUT2D eigenvalue weighted by Crippen LogP contribution is 2.18. The summed E-state index contributed by atoms with van der Waals surface area (Å²) in [6.45, 7) is 0. The number of imidazole rings is 1. The lowest BCUT2D eigenvalue weighted by Crippen LogP contribution is -2.36. The summed E-state index contributed by atoms with van der Waals surface area (Å²) in [7, 11) is 2.99. The second kappa shape index (κ2) is 4.69. The molecule has 0 aliphatic rings. The Morgan fingerprint density at radius 1 is 1.18 bits per heavy atom. The molecule has 8 heteroatoms. The summed E-state index contributed by atoms with van der Waals surface area (Å²) in [6, 6.07) is 6.89. The lowest BCUT2D eigenvalue weighted by molar-refractivity contribution is 0.709. The molecule has 2 aromatic heterocycles. The molecule has 8 nitrogen and oxygen atoms in total. The highest BCUT2D eigenvalue weighted by atomic mass is 16.2. The number of rotatable bonds is 2. The predicted molar refractivity (Wildman–Crippen MR) is 83.0 cm³/mol. The van der Waals surface area contributed by atoms with Gasteiger partial charge < -0.3 is 10.7 Å². The van der Waals surface area contributed by atoms with Crippen LogP contribution in [0.3, 0.4) is 0 Å². The van der Waals surface area contributed by atoms with Crippen LogP contribution in [-0.2, 0) is 14.1 Å². The van der Waals surface area contributed by atoms with Gasteiger partial charge in [0.25, 0.3) is 5.56 Å². The van der Waals surface area contributed by atoms with Gasteiger partial charge in [0.2, 0.25) is 0 Å². The fourth-order valence-corrected chi connectivity index (χ4v) is 2.27. The molecule has 0 saturated carbocycles. The molecule has 0 bridgehead atoms. The molecule has 0 spiro atoms. The summed E-state index contributed by atoms with van der Waals surface area (Å²) < 4.78 is 2.35.